The highest BCUT2D eigenvalue weighted by molar-refractivity contribution is 5.99. The van der Waals surface area contributed by atoms with Crippen molar-refractivity contribution in [1.82, 2.24) is 4.90 Å². The van der Waals surface area contributed by atoms with Gasteiger partial charge in [-0.25, -0.2) is 0 Å². The van der Waals surface area contributed by atoms with Crippen LogP contribution in [0.3, 0.4) is 0 Å². The normalized spacial score (nSPS) is 18.3. The van der Waals surface area contributed by atoms with Crippen LogP contribution in [0.15, 0.2) is 54.6 Å². The van der Waals surface area contributed by atoms with Gasteiger partial charge < -0.3 is 19.7 Å². The van der Waals surface area contributed by atoms with Gasteiger partial charge in [0.05, 0.1) is 18.6 Å². The molecule has 1 aliphatic carbocycles. The van der Waals surface area contributed by atoms with E-state index in [4.69, 9.17) is 9.47 Å². The standard InChI is InChI=1S/C25H30N2O4/c28-23(27-15-17-30-18-16-27)19-31-22-11-9-21(10-12-22)26-24(29)25(13-5-2-6-14-25)20-7-3-1-4-8-20/h1,3-4,7-12H,2,5-6,13-19H2,(H,26,29). The second kappa shape index (κ2) is 9.96. The average Bonchev–Trinajstić information content (AvgIpc) is 2.85. The molecule has 6 nitrogen and oxygen atoms in total. The fourth-order valence-corrected chi connectivity index (χ4v) is 4.49. The molecule has 2 amide bonds. The molecule has 0 spiro atoms. The van der Waals surface area contributed by atoms with E-state index in [9.17, 15) is 9.59 Å². The molecule has 2 aromatic rings. The van der Waals surface area contributed by atoms with Crippen molar-refractivity contribution in [1.29, 1.82) is 0 Å². The number of hydrogen-bond donors (Lipinski definition) is 1. The maximum atomic E-state index is 13.4. The van der Waals surface area contributed by atoms with Crippen molar-refractivity contribution in [2.75, 3.05) is 38.2 Å². The number of hydrogen-bond acceptors (Lipinski definition) is 4. The lowest BCUT2D eigenvalue weighted by Gasteiger charge is -2.36. The Labute approximate surface area is 183 Å². The van der Waals surface area contributed by atoms with Gasteiger partial charge in [-0.3, -0.25) is 9.59 Å². The number of rotatable bonds is 6. The number of ether oxygens (including phenoxy) is 2. The summed E-state index contributed by atoms with van der Waals surface area (Å²) in [7, 11) is 0. The van der Waals surface area contributed by atoms with Gasteiger partial charge in [-0.15, -0.1) is 0 Å². The predicted octanol–water partition coefficient (Wildman–Crippen LogP) is 3.76. The Bertz CT molecular complexity index is 870. The van der Waals surface area contributed by atoms with E-state index in [1.54, 1.807) is 17.0 Å². The van der Waals surface area contributed by atoms with Crippen LogP contribution >= 0.6 is 0 Å². The summed E-state index contributed by atoms with van der Waals surface area (Å²) in [4.78, 5) is 27.3. The van der Waals surface area contributed by atoms with Crippen LogP contribution in [0.4, 0.5) is 5.69 Å². The molecule has 1 saturated carbocycles. The Morgan fingerprint density at radius 3 is 2.29 bits per heavy atom. The predicted molar refractivity (Wildman–Crippen MR) is 119 cm³/mol. The summed E-state index contributed by atoms with van der Waals surface area (Å²) < 4.78 is 10.9. The molecule has 1 heterocycles. The lowest BCUT2D eigenvalue weighted by atomic mass is 9.68. The summed E-state index contributed by atoms with van der Waals surface area (Å²) in [5.41, 5.74) is 1.35. The van der Waals surface area contributed by atoms with E-state index in [2.05, 4.69) is 17.4 Å². The average molecular weight is 423 g/mol. The van der Waals surface area contributed by atoms with Crippen molar-refractivity contribution in [3.63, 3.8) is 0 Å². The molecule has 2 aliphatic rings. The van der Waals surface area contributed by atoms with Crippen molar-refractivity contribution in [3.05, 3.63) is 60.2 Å². The van der Waals surface area contributed by atoms with E-state index in [0.29, 0.717) is 32.1 Å². The molecule has 0 bridgehead atoms. The molecule has 2 aromatic carbocycles. The van der Waals surface area contributed by atoms with Crippen LogP contribution < -0.4 is 10.1 Å². The summed E-state index contributed by atoms with van der Waals surface area (Å²) in [6.07, 6.45) is 5.04. The summed E-state index contributed by atoms with van der Waals surface area (Å²) >= 11 is 0. The minimum Gasteiger partial charge on any atom is -0.484 e. The summed E-state index contributed by atoms with van der Waals surface area (Å²) in [6.45, 7) is 2.37. The largest absolute Gasteiger partial charge is 0.484 e. The van der Waals surface area contributed by atoms with Crippen LogP contribution in [-0.2, 0) is 19.7 Å². The zero-order valence-corrected chi connectivity index (χ0v) is 17.8. The molecule has 0 unspecified atom stereocenters. The topological polar surface area (TPSA) is 67.9 Å². The van der Waals surface area contributed by atoms with E-state index in [0.717, 1.165) is 36.9 Å². The number of morpholine rings is 1. The number of carbonyl (C=O) groups is 2. The first-order chi connectivity index (χ1) is 15.2. The maximum Gasteiger partial charge on any atom is 0.260 e. The molecule has 31 heavy (non-hydrogen) atoms. The second-order valence-electron chi connectivity index (χ2n) is 8.27. The monoisotopic (exact) mass is 422 g/mol. The van der Waals surface area contributed by atoms with Gasteiger partial charge in [0, 0.05) is 18.8 Å². The van der Waals surface area contributed by atoms with Crippen LogP contribution in [-0.4, -0.2) is 49.6 Å². The van der Waals surface area contributed by atoms with Gasteiger partial charge in [-0.05, 0) is 42.7 Å². The molecule has 2 fully saturated rings. The van der Waals surface area contributed by atoms with Crippen molar-refractivity contribution >= 4 is 17.5 Å². The Morgan fingerprint density at radius 2 is 1.61 bits per heavy atom. The SMILES string of the molecule is O=C(COc1ccc(NC(=O)C2(c3ccccc3)CCCCC2)cc1)N1CCOCC1. The fraction of sp³-hybridized carbons (Fsp3) is 0.440. The van der Waals surface area contributed by atoms with Crippen LogP contribution in [0.25, 0.3) is 0 Å². The highest BCUT2D eigenvalue weighted by Crippen LogP contribution is 2.40. The number of benzene rings is 2. The highest BCUT2D eigenvalue weighted by Gasteiger charge is 2.41. The van der Waals surface area contributed by atoms with Gasteiger partial charge in [0.15, 0.2) is 6.61 Å². The summed E-state index contributed by atoms with van der Waals surface area (Å²) in [5.74, 6) is 0.618. The fourth-order valence-electron chi connectivity index (χ4n) is 4.49. The molecular formula is C25H30N2O4. The van der Waals surface area contributed by atoms with Crippen LogP contribution in [0.1, 0.15) is 37.7 Å². The first-order valence-electron chi connectivity index (χ1n) is 11.1. The molecule has 1 saturated heterocycles. The Hall–Kier alpha value is -2.86. The van der Waals surface area contributed by atoms with Crippen LogP contribution in [0.5, 0.6) is 5.75 Å². The maximum absolute atomic E-state index is 13.4. The Morgan fingerprint density at radius 1 is 0.935 bits per heavy atom. The number of nitrogens with one attached hydrogen (secondary N) is 1. The number of nitrogens with zero attached hydrogens (tertiary/aromatic N) is 1. The minimum absolute atomic E-state index is 0.00280. The third kappa shape index (κ3) is 5.07. The molecule has 1 aliphatic heterocycles. The summed E-state index contributed by atoms with van der Waals surface area (Å²) in [6, 6.07) is 17.4. The van der Waals surface area contributed by atoms with Crippen LogP contribution in [0, 0.1) is 0 Å². The van der Waals surface area contributed by atoms with E-state index < -0.39 is 5.41 Å². The van der Waals surface area contributed by atoms with Gasteiger partial charge in [0.1, 0.15) is 5.75 Å². The highest BCUT2D eigenvalue weighted by atomic mass is 16.5. The van der Waals surface area contributed by atoms with Gasteiger partial charge in [-0.2, -0.15) is 0 Å². The zero-order chi connectivity index (χ0) is 21.5. The first kappa shape index (κ1) is 21.4. The number of anilines is 1. The number of amides is 2. The second-order valence-corrected chi connectivity index (χ2v) is 8.27. The third-order valence-electron chi connectivity index (χ3n) is 6.31. The molecule has 164 valence electrons. The third-order valence-corrected chi connectivity index (χ3v) is 6.31. The molecule has 0 atom stereocenters. The smallest absolute Gasteiger partial charge is 0.260 e. The molecule has 4 rings (SSSR count). The molecule has 6 heteroatoms. The quantitative estimate of drug-likeness (QED) is 0.770. The first-order valence-corrected chi connectivity index (χ1v) is 11.1. The van der Waals surface area contributed by atoms with Crippen molar-refractivity contribution in [2.24, 2.45) is 0 Å². The van der Waals surface area contributed by atoms with Crippen LogP contribution in [0.2, 0.25) is 0 Å². The van der Waals surface area contributed by atoms with Crippen molar-refractivity contribution in [3.8, 4) is 5.75 Å². The lowest BCUT2D eigenvalue weighted by Crippen LogP contribution is -2.43. The van der Waals surface area contributed by atoms with E-state index >= 15 is 0 Å². The molecule has 1 N–H and O–H groups in total. The summed E-state index contributed by atoms with van der Waals surface area (Å²) in [5, 5.41) is 3.11. The van der Waals surface area contributed by atoms with Gasteiger partial charge >= 0.3 is 0 Å². The molecular weight excluding hydrogens is 392 g/mol. The van der Waals surface area contributed by atoms with Gasteiger partial charge in [0.25, 0.3) is 5.91 Å². The lowest BCUT2D eigenvalue weighted by molar-refractivity contribution is -0.137. The Balaban J connectivity index is 1.37. The van der Waals surface area contributed by atoms with E-state index in [-0.39, 0.29) is 18.4 Å². The van der Waals surface area contributed by atoms with Gasteiger partial charge in [-0.1, -0.05) is 49.6 Å². The Kier molecular flexibility index (Phi) is 6.87. The van der Waals surface area contributed by atoms with Crippen molar-refractivity contribution < 1.29 is 19.1 Å². The number of carbonyl (C=O) groups excluding carboxylic acids is 2. The van der Waals surface area contributed by atoms with Gasteiger partial charge in [0.2, 0.25) is 5.91 Å². The molecule has 0 radical (unpaired) electrons. The minimum atomic E-state index is -0.473. The zero-order valence-electron chi connectivity index (χ0n) is 17.8. The van der Waals surface area contributed by atoms with E-state index in [1.807, 2.05) is 30.3 Å². The van der Waals surface area contributed by atoms with E-state index in [1.165, 1.54) is 6.42 Å². The van der Waals surface area contributed by atoms with Crippen molar-refractivity contribution in [2.45, 2.75) is 37.5 Å². The molecule has 0 aromatic heterocycles.